The highest BCUT2D eigenvalue weighted by molar-refractivity contribution is 6.70. The van der Waals surface area contributed by atoms with Crippen molar-refractivity contribution in [2.45, 2.75) is 90.2 Å². The van der Waals surface area contributed by atoms with E-state index in [0.717, 1.165) is 0 Å². The minimum absolute atomic E-state index is 0.211. The number of amides is 1. The quantitative estimate of drug-likeness (QED) is 0.226. The zero-order valence-corrected chi connectivity index (χ0v) is 24.3. The van der Waals surface area contributed by atoms with E-state index in [2.05, 4.69) is 74.6 Å². The van der Waals surface area contributed by atoms with E-state index < -0.39 is 49.3 Å². The van der Waals surface area contributed by atoms with Crippen molar-refractivity contribution < 1.29 is 27.7 Å². The predicted octanol–water partition coefficient (Wildman–Crippen LogP) is 3.42. The lowest BCUT2D eigenvalue weighted by Crippen LogP contribution is -2.60. The van der Waals surface area contributed by atoms with Crippen molar-refractivity contribution in [2.24, 2.45) is 10.3 Å². The molecule has 0 aliphatic rings. The van der Waals surface area contributed by atoms with Crippen LogP contribution in [-0.2, 0) is 27.7 Å². The summed E-state index contributed by atoms with van der Waals surface area (Å²) in [6.45, 7) is 20.3. The number of hydrogen-bond acceptors (Lipinski definition) is 8. The van der Waals surface area contributed by atoms with Crippen LogP contribution in [0.2, 0.25) is 58.9 Å². The molecule has 182 valence electrons. The molecule has 0 aromatic carbocycles. The Kier molecular flexibility index (Phi) is 12.4. The molecule has 0 aromatic rings. The van der Waals surface area contributed by atoms with Crippen LogP contribution < -0.4 is 5.32 Å². The molecule has 1 amide bonds. The van der Waals surface area contributed by atoms with Gasteiger partial charge in [0.1, 0.15) is 26.4 Å². The van der Waals surface area contributed by atoms with Gasteiger partial charge in [0.2, 0.25) is 5.91 Å². The molecule has 0 rings (SSSR count). The summed E-state index contributed by atoms with van der Waals surface area (Å²) in [5, 5.41) is 10.8. The summed E-state index contributed by atoms with van der Waals surface area (Å²) in [6.07, 6.45) is 1.48. The van der Waals surface area contributed by atoms with Crippen molar-refractivity contribution in [1.82, 2.24) is 5.32 Å². The number of hydrogen-bond donors (Lipinski definition) is 1. The highest BCUT2D eigenvalue weighted by Gasteiger charge is 2.42. The van der Waals surface area contributed by atoms with Gasteiger partial charge < -0.3 is 28.3 Å². The van der Waals surface area contributed by atoms with E-state index in [1.807, 2.05) is 0 Å². The molecule has 31 heavy (non-hydrogen) atoms. The minimum Gasteiger partial charge on any atom is -0.410 e. The van der Waals surface area contributed by atoms with Crippen LogP contribution in [0.4, 0.5) is 0 Å². The van der Waals surface area contributed by atoms with Crippen LogP contribution >= 0.6 is 0 Å². The lowest BCUT2D eigenvalue weighted by molar-refractivity contribution is -0.120. The predicted molar refractivity (Wildman–Crippen MR) is 133 cm³/mol. The fourth-order valence-electron chi connectivity index (χ4n) is 2.76. The zero-order valence-electron chi connectivity index (χ0n) is 21.3. The Morgan fingerprint density at radius 1 is 0.742 bits per heavy atom. The van der Waals surface area contributed by atoms with Crippen LogP contribution in [0.3, 0.4) is 0 Å². The molecule has 0 fully saturated rings. The molecular formula is C19H43N3O6Si3. The van der Waals surface area contributed by atoms with Gasteiger partial charge in [0.05, 0.1) is 24.6 Å². The standard InChI is InChI=1S/C19H43N3O6Si3/c1-15(23)22-16(13-20-24-2)18(27-30(7,8)9)19(28-31(10,11)12)17(14-21-25-3)26-29(4,5)6/h13-14,16-19H,1-12H3,(H,22,23)/b20-13?,21-14+. The number of carbonyl (C=O) groups excluding carboxylic acids is 1. The Labute approximate surface area is 191 Å². The molecule has 12 heteroatoms. The summed E-state index contributed by atoms with van der Waals surface area (Å²) >= 11 is 0. The van der Waals surface area contributed by atoms with Gasteiger partial charge in [-0.05, 0) is 58.9 Å². The maximum absolute atomic E-state index is 12.0. The van der Waals surface area contributed by atoms with Gasteiger partial charge in [0.25, 0.3) is 0 Å². The number of nitrogens with zero attached hydrogens (tertiary/aromatic N) is 2. The van der Waals surface area contributed by atoms with Gasteiger partial charge in [-0.15, -0.1) is 0 Å². The molecule has 0 heterocycles. The van der Waals surface area contributed by atoms with Crippen molar-refractivity contribution in [3.05, 3.63) is 0 Å². The number of carbonyl (C=O) groups is 1. The van der Waals surface area contributed by atoms with Crippen LogP contribution in [-0.4, -0.2) is 81.9 Å². The van der Waals surface area contributed by atoms with Gasteiger partial charge in [0.15, 0.2) is 25.0 Å². The third kappa shape index (κ3) is 14.6. The smallest absolute Gasteiger partial charge is 0.217 e. The van der Waals surface area contributed by atoms with E-state index in [9.17, 15) is 4.79 Å². The van der Waals surface area contributed by atoms with Crippen molar-refractivity contribution in [2.75, 3.05) is 14.2 Å². The average molecular weight is 494 g/mol. The molecule has 4 unspecified atom stereocenters. The first-order valence-electron chi connectivity index (χ1n) is 10.4. The normalized spacial score (nSPS) is 17.4. The third-order valence-electron chi connectivity index (χ3n) is 3.48. The number of oxime groups is 2. The molecule has 0 radical (unpaired) electrons. The first kappa shape index (κ1) is 29.9. The van der Waals surface area contributed by atoms with Crippen LogP contribution in [0.1, 0.15) is 6.92 Å². The van der Waals surface area contributed by atoms with E-state index in [1.54, 1.807) is 6.21 Å². The fraction of sp³-hybridized carbons (Fsp3) is 0.842. The summed E-state index contributed by atoms with van der Waals surface area (Å²) in [5.41, 5.74) is 0. The molecule has 0 bridgehead atoms. The molecule has 9 nitrogen and oxygen atoms in total. The average Bonchev–Trinajstić information content (AvgIpc) is 2.55. The van der Waals surface area contributed by atoms with Crippen molar-refractivity contribution in [3.63, 3.8) is 0 Å². The van der Waals surface area contributed by atoms with Crippen LogP contribution in [0.5, 0.6) is 0 Å². The van der Waals surface area contributed by atoms with Gasteiger partial charge in [0, 0.05) is 6.92 Å². The second-order valence-corrected chi connectivity index (χ2v) is 23.6. The molecule has 0 aromatic heterocycles. The van der Waals surface area contributed by atoms with Crippen molar-refractivity contribution in [1.29, 1.82) is 0 Å². The second-order valence-electron chi connectivity index (χ2n) is 10.2. The Bertz CT molecular complexity index is 600. The summed E-state index contributed by atoms with van der Waals surface area (Å²) < 4.78 is 19.7. The highest BCUT2D eigenvalue weighted by atomic mass is 28.4. The number of rotatable bonds is 14. The maximum atomic E-state index is 12.0. The molecule has 0 saturated carbocycles. The van der Waals surface area contributed by atoms with Gasteiger partial charge in [-0.3, -0.25) is 4.79 Å². The third-order valence-corrected chi connectivity index (χ3v) is 6.42. The molecule has 0 spiro atoms. The van der Waals surface area contributed by atoms with E-state index in [0.29, 0.717) is 0 Å². The highest BCUT2D eigenvalue weighted by Crippen LogP contribution is 2.25. The van der Waals surface area contributed by atoms with Gasteiger partial charge in [-0.2, -0.15) is 0 Å². The topological polar surface area (TPSA) is 100.0 Å². The van der Waals surface area contributed by atoms with Gasteiger partial charge in [-0.25, -0.2) is 0 Å². The first-order chi connectivity index (χ1) is 14.0. The van der Waals surface area contributed by atoms with Crippen LogP contribution in [0.15, 0.2) is 10.3 Å². The van der Waals surface area contributed by atoms with Crippen LogP contribution in [0, 0.1) is 0 Å². The Hall–Kier alpha value is -1.06. The second kappa shape index (κ2) is 12.8. The summed E-state index contributed by atoms with van der Waals surface area (Å²) in [4.78, 5) is 21.8. The Morgan fingerprint density at radius 2 is 1.16 bits per heavy atom. The van der Waals surface area contributed by atoms with E-state index in [-0.39, 0.29) is 5.91 Å². The molecular weight excluding hydrogens is 450 g/mol. The van der Waals surface area contributed by atoms with Gasteiger partial charge >= 0.3 is 0 Å². The summed E-state index contributed by atoms with van der Waals surface area (Å²) in [5.74, 6) is -0.211. The fourth-order valence-corrected chi connectivity index (χ4v) is 5.95. The largest absolute Gasteiger partial charge is 0.410 e. The minimum atomic E-state index is -2.09. The number of nitrogens with one attached hydrogen (secondary N) is 1. The lowest BCUT2D eigenvalue weighted by atomic mass is 10.0. The molecule has 4 atom stereocenters. The molecule has 0 saturated heterocycles. The monoisotopic (exact) mass is 493 g/mol. The Balaban J connectivity index is 6.59. The summed E-state index contributed by atoms with van der Waals surface area (Å²) in [6, 6.07) is -0.589. The van der Waals surface area contributed by atoms with E-state index in [1.165, 1.54) is 27.4 Å². The van der Waals surface area contributed by atoms with Crippen molar-refractivity contribution in [3.8, 4) is 0 Å². The molecule has 1 N–H and O–H groups in total. The lowest BCUT2D eigenvalue weighted by Gasteiger charge is -2.42. The van der Waals surface area contributed by atoms with Crippen molar-refractivity contribution >= 4 is 43.3 Å². The van der Waals surface area contributed by atoms with Crippen LogP contribution in [0.25, 0.3) is 0 Å². The SMILES string of the molecule is CON=CC(NC(C)=O)C(O[Si](C)(C)C)C(O[Si](C)(C)C)C(/C=N/OC)O[Si](C)(C)C. The van der Waals surface area contributed by atoms with E-state index >= 15 is 0 Å². The maximum Gasteiger partial charge on any atom is 0.217 e. The molecule has 0 aliphatic carbocycles. The molecule has 0 aliphatic heterocycles. The first-order valence-corrected chi connectivity index (χ1v) is 20.7. The zero-order chi connectivity index (χ0) is 24.5. The Morgan fingerprint density at radius 3 is 1.55 bits per heavy atom. The summed E-state index contributed by atoms with van der Waals surface area (Å²) in [7, 11) is -3.23. The van der Waals surface area contributed by atoms with E-state index in [4.69, 9.17) is 23.0 Å². The van der Waals surface area contributed by atoms with Gasteiger partial charge in [-0.1, -0.05) is 10.3 Å².